The molecule has 0 amide bonds. The number of nitrogens with one attached hydrogen (secondary N) is 2. The van der Waals surface area contributed by atoms with Crippen LogP contribution in [0.3, 0.4) is 0 Å². The number of guanidine groups is 1. The van der Waals surface area contributed by atoms with Gasteiger partial charge >= 0.3 is 0 Å². The number of likely N-dealkylation sites (N-methyl/N-ethyl adjacent to an activating group) is 1. The van der Waals surface area contributed by atoms with Crippen molar-refractivity contribution in [2.45, 2.75) is 46.2 Å². The summed E-state index contributed by atoms with van der Waals surface area (Å²) < 4.78 is 0. The first kappa shape index (κ1) is 23.7. The van der Waals surface area contributed by atoms with Crippen molar-refractivity contribution >= 4 is 41.3 Å². The van der Waals surface area contributed by atoms with E-state index in [1.54, 1.807) is 0 Å². The molecule has 1 saturated heterocycles. The molecule has 2 N–H and O–H groups in total. The van der Waals surface area contributed by atoms with Gasteiger partial charge in [-0.25, -0.2) is 0 Å². The molecular formula is C19H36IN5S. The van der Waals surface area contributed by atoms with Crippen LogP contribution in [0.25, 0.3) is 0 Å². The van der Waals surface area contributed by atoms with Crippen LogP contribution in [0.15, 0.2) is 17.1 Å². The van der Waals surface area contributed by atoms with Crippen molar-refractivity contribution in [1.29, 1.82) is 0 Å². The summed E-state index contributed by atoms with van der Waals surface area (Å²) in [6, 6.07) is 5.29. The Morgan fingerprint density at radius 2 is 1.92 bits per heavy atom. The Kier molecular flexibility index (Phi) is 11.1. The van der Waals surface area contributed by atoms with Crippen molar-refractivity contribution in [3.8, 4) is 0 Å². The van der Waals surface area contributed by atoms with Gasteiger partial charge in [0.15, 0.2) is 5.96 Å². The molecule has 0 bridgehead atoms. The Hall–Kier alpha value is -0.380. The predicted molar refractivity (Wildman–Crippen MR) is 125 cm³/mol. The summed E-state index contributed by atoms with van der Waals surface area (Å²) in [5.41, 5.74) is 0. The molecule has 1 aromatic heterocycles. The van der Waals surface area contributed by atoms with E-state index >= 15 is 0 Å². The number of hydrogen-bond acceptors (Lipinski definition) is 4. The molecule has 2 rings (SSSR count). The summed E-state index contributed by atoms with van der Waals surface area (Å²) in [5.74, 6) is 0.934. The number of rotatable bonds is 7. The summed E-state index contributed by atoms with van der Waals surface area (Å²) in [7, 11) is 2.20. The lowest BCUT2D eigenvalue weighted by molar-refractivity contribution is 0.122. The van der Waals surface area contributed by atoms with E-state index in [4.69, 9.17) is 4.99 Å². The average Bonchev–Trinajstić information content (AvgIpc) is 2.98. The molecule has 7 heteroatoms. The van der Waals surface area contributed by atoms with Gasteiger partial charge in [-0.2, -0.15) is 0 Å². The number of thiophene rings is 1. The van der Waals surface area contributed by atoms with E-state index in [-0.39, 0.29) is 24.0 Å². The van der Waals surface area contributed by atoms with Crippen molar-refractivity contribution < 1.29 is 0 Å². The van der Waals surface area contributed by atoms with Gasteiger partial charge in [0.1, 0.15) is 0 Å². The Morgan fingerprint density at radius 1 is 1.23 bits per heavy atom. The van der Waals surface area contributed by atoms with Crippen LogP contribution in [-0.4, -0.2) is 74.2 Å². The topological polar surface area (TPSA) is 42.9 Å². The molecule has 150 valence electrons. The van der Waals surface area contributed by atoms with E-state index in [0.29, 0.717) is 12.1 Å². The van der Waals surface area contributed by atoms with Gasteiger partial charge in [0.2, 0.25) is 0 Å². The first-order chi connectivity index (χ1) is 12.0. The minimum Gasteiger partial charge on any atom is -0.357 e. The van der Waals surface area contributed by atoms with Crippen LogP contribution in [0.1, 0.15) is 30.5 Å². The van der Waals surface area contributed by atoms with Gasteiger partial charge in [0.25, 0.3) is 0 Å². The summed E-state index contributed by atoms with van der Waals surface area (Å²) >= 11 is 1.88. The molecule has 1 aliphatic rings. The molecule has 5 nitrogen and oxygen atoms in total. The third kappa shape index (κ3) is 8.10. The molecule has 0 radical (unpaired) electrons. The lowest BCUT2D eigenvalue weighted by Crippen LogP contribution is -2.49. The van der Waals surface area contributed by atoms with Gasteiger partial charge in [-0.15, -0.1) is 35.3 Å². The number of halogens is 1. The normalized spacial score (nSPS) is 18.9. The standard InChI is InChI=1S/C19H35N5S.HI/c1-6-20-19(22-15(2)13-18-8-7-17(4)25-18)21-14-16(3)24-11-9-23(5)10-12-24;/h7-8,15-16H,6,9-14H2,1-5H3,(H2,20,21,22);1H. The molecular weight excluding hydrogens is 457 g/mol. The van der Waals surface area contributed by atoms with Gasteiger partial charge in [-0.3, -0.25) is 9.89 Å². The first-order valence-corrected chi connectivity index (χ1v) is 10.3. The molecule has 0 aromatic carbocycles. The van der Waals surface area contributed by atoms with Crippen LogP contribution in [0.2, 0.25) is 0 Å². The fourth-order valence-corrected chi connectivity index (χ4v) is 4.12. The molecule has 0 saturated carbocycles. The van der Waals surface area contributed by atoms with E-state index in [2.05, 4.69) is 67.3 Å². The molecule has 0 spiro atoms. The van der Waals surface area contributed by atoms with Gasteiger partial charge in [0.05, 0.1) is 6.54 Å². The monoisotopic (exact) mass is 493 g/mol. The second-order valence-corrected chi connectivity index (χ2v) is 8.54. The van der Waals surface area contributed by atoms with Gasteiger partial charge < -0.3 is 15.5 Å². The van der Waals surface area contributed by atoms with Gasteiger partial charge in [-0.1, -0.05) is 0 Å². The zero-order chi connectivity index (χ0) is 18.2. The van der Waals surface area contributed by atoms with Crippen molar-refractivity contribution in [2.75, 3.05) is 46.3 Å². The highest BCUT2D eigenvalue weighted by Gasteiger charge is 2.19. The van der Waals surface area contributed by atoms with E-state index in [0.717, 1.165) is 51.6 Å². The number of aryl methyl sites for hydroxylation is 1. The van der Waals surface area contributed by atoms with Crippen LogP contribution >= 0.6 is 35.3 Å². The number of nitrogens with zero attached hydrogens (tertiary/aromatic N) is 3. The van der Waals surface area contributed by atoms with Crippen LogP contribution in [0.5, 0.6) is 0 Å². The summed E-state index contributed by atoms with van der Waals surface area (Å²) in [6.45, 7) is 15.1. The minimum absolute atomic E-state index is 0. The van der Waals surface area contributed by atoms with Crippen LogP contribution < -0.4 is 10.6 Å². The quantitative estimate of drug-likeness (QED) is 0.349. The van der Waals surface area contributed by atoms with Crippen molar-refractivity contribution in [3.63, 3.8) is 0 Å². The summed E-state index contributed by atoms with van der Waals surface area (Å²) in [5, 5.41) is 6.95. The fourth-order valence-electron chi connectivity index (χ4n) is 3.10. The van der Waals surface area contributed by atoms with Crippen molar-refractivity contribution in [2.24, 2.45) is 4.99 Å². The highest BCUT2D eigenvalue weighted by molar-refractivity contribution is 14.0. The number of aliphatic imine (C=N–C) groups is 1. The van der Waals surface area contributed by atoms with Gasteiger partial charge in [0, 0.05) is 61.0 Å². The Morgan fingerprint density at radius 3 is 2.50 bits per heavy atom. The third-order valence-electron chi connectivity index (χ3n) is 4.71. The molecule has 26 heavy (non-hydrogen) atoms. The zero-order valence-corrected chi connectivity index (χ0v) is 20.1. The Labute approximate surface area is 180 Å². The first-order valence-electron chi connectivity index (χ1n) is 9.50. The number of hydrogen-bond donors (Lipinski definition) is 2. The van der Waals surface area contributed by atoms with E-state index in [1.807, 2.05) is 11.3 Å². The number of piperazine rings is 1. The minimum atomic E-state index is 0. The molecule has 2 heterocycles. The van der Waals surface area contributed by atoms with Crippen LogP contribution in [0.4, 0.5) is 0 Å². The summed E-state index contributed by atoms with van der Waals surface area (Å²) in [4.78, 5) is 12.6. The van der Waals surface area contributed by atoms with Crippen molar-refractivity contribution in [1.82, 2.24) is 20.4 Å². The highest BCUT2D eigenvalue weighted by atomic mass is 127. The predicted octanol–water partition coefficient (Wildman–Crippen LogP) is 2.80. The molecule has 1 aromatic rings. The largest absolute Gasteiger partial charge is 0.357 e. The second-order valence-electron chi connectivity index (χ2n) is 7.17. The second kappa shape index (κ2) is 12.2. The Balaban J connectivity index is 0.00000338. The molecule has 2 unspecified atom stereocenters. The van der Waals surface area contributed by atoms with Crippen molar-refractivity contribution in [3.05, 3.63) is 21.9 Å². The van der Waals surface area contributed by atoms with E-state index in [9.17, 15) is 0 Å². The van der Waals surface area contributed by atoms with Gasteiger partial charge in [-0.05, 0) is 46.9 Å². The smallest absolute Gasteiger partial charge is 0.191 e. The SMILES string of the molecule is CCNC(=NCC(C)N1CCN(C)CC1)NC(C)Cc1ccc(C)s1.I. The summed E-state index contributed by atoms with van der Waals surface area (Å²) in [6.07, 6.45) is 1.04. The lowest BCUT2D eigenvalue weighted by Gasteiger charge is -2.36. The van der Waals surface area contributed by atoms with Crippen LogP contribution in [0, 0.1) is 6.92 Å². The highest BCUT2D eigenvalue weighted by Crippen LogP contribution is 2.16. The molecule has 2 atom stereocenters. The van der Waals surface area contributed by atoms with Crippen LogP contribution in [-0.2, 0) is 6.42 Å². The van der Waals surface area contributed by atoms with E-state index < -0.39 is 0 Å². The molecule has 0 aliphatic carbocycles. The lowest BCUT2D eigenvalue weighted by atomic mass is 10.2. The maximum absolute atomic E-state index is 4.84. The fraction of sp³-hybridized carbons (Fsp3) is 0.737. The average molecular weight is 494 g/mol. The molecule has 1 fully saturated rings. The van der Waals surface area contributed by atoms with E-state index in [1.165, 1.54) is 9.75 Å². The molecule has 1 aliphatic heterocycles. The zero-order valence-electron chi connectivity index (χ0n) is 16.9. The maximum Gasteiger partial charge on any atom is 0.191 e. The Bertz CT molecular complexity index is 540. The third-order valence-corrected chi connectivity index (χ3v) is 5.73. The maximum atomic E-state index is 4.84.